The molecule has 4 heterocycles. The maximum absolute atomic E-state index is 4.52. The van der Waals surface area contributed by atoms with Gasteiger partial charge >= 0.3 is 17.1 Å². The van der Waals surface area contributed by atoms with E-state index in [2.05, 4.69) is 78.9 Å². The molecular formula is C33H23CuN6. The van der Waals surface area contributed by atoms with E-state index in [1.807, 2.05) is 85.2 Å². The van der Waals surface area contributed by atoms with E-state index in [0.717, 1.165) is 55.9 Å². The molecule has 7 aromatic rings. The number of rotatable bonds is 4. The van der Waals surface area contributed by atoms with Crippen LogP contribution in [0.25, 0.3) is 55.9 Å². The Hall–Kier alpha value is -4.97. The van der Waals surface area contributed by atoms with Gasteiger partial charge in [-0.15, -0.1) is 0 Å². The maximum Gasteiger partial charge on any atom is 1.00 e. The Kier molecular flexibility index (Phi) is 8.47. The third kappa shape index (κ3) is 5.71. The van der Waals surface area contributed by atoms with Crippen molar-refractivity contribution < 1.29 is 17.1 Å². The average molecular weight is 567 g/mol. The van der Waals surface area contributed by atoms with Crippen LogP contribution in [0.3, 0.4) is 0 Å². The molecule has 0 bridgehead atoms. The maximum atomic E-state index is 4.52. The fourth-order valence-corrected chi connectivity index (χ4v) is 4.49. The molecule has 0 saturated heterocycles. The Balaban J connectivity index is 0.000000174. The van der Waals surface area contributed by atoms with Crippen LogP contribution < -0.4 is 5.10 Å². The Morgan fingerprint density at radius 2 is 0.825 bits per heavy atom. The van der Waals surface area contributed by atoms with Gasteiger partial charge in [0.05, 0.1) is 17.1 Å². The van der Waals surface area contributed by atoms with Gasteiger partial charge in [-0.25, -0.2) is 0 Å². The first-order chi connectivity index (χ1) is 19.4. The summed E-state index contributed by atoms with van der Waals surface area (Å²) in [6, 6.07) is 40.3. The second kappa shape index (κ2) is 12.7. The molecule has 0 N–H and O–H groups in total. The van der Waals surface area contributed by atoms with Crippen molar-refractivity contribution >= 4 is 11.0 Å². The van der Waals surface area contributed by atoms with Gasteiger partial charge in [-0.3, -0.25) is 20.2 Å². The van der Waals surface area contributed by atoms with Gasteiger partial charge in [0.15, 0.2) is 0 Å². The summed E-state index contributed by atoms with van der Waals surface area (Å²) in [6.45, 7) is 0. The molecule has 0 spiro atoms. The van der Waals surface area contributed by atoms with Crippen molar-refractivity contribution in [3.8, 4) is 44.9 Å². The first kappa shape index (κ1) is 26.6. The molecule has 0 aliphatic rings. The number of aromatic nitrogens is 6. The van der Waals surface area contributed by atoms with E-state index in [1.54, 1.807) is 6.20 Å². The van der Waals surface area contributed by atoms with Crippen molar-refractivity contribution in [3.63, 3.8) is 0 Å². The van der Waals surface area contributed by atoms with Crippen LogP contribution in [0.2, 0.25) is 0 Å². The van der Waals surface area contributed by atoms with Gasteiger partial charge < -0.3 is 10.2 Å². The predicted octanol–water partition coefficient (Wildman–Crippen LogP) is 7.12. The van der Waals surface area contributed by atoms with E-state index in [0.29, 0.717) is 0 Å². The second-order valence-corrected chi connectivity index (χ2v) is 8.70. The Bertz CT molecular complexity index is 1720. The zero-order valence-electron chi connectivity index (χ0n) is 21.3. The fraction of sp³-hybridized carbons (Fsp3) is 0. The number of nitrogens with zero attached hydrogens (tertiary/aromatic N) is 6. The molecular weight excluding hydrogens is 544 g/mol. The third-order valence-corrected chi connectivity index (χ3v) is 6.28. The fourth-order valence-electron chi connectivity index (χ4n) is 4.49. The predicted molar refractivity (Wildman–Crippen MR) is 154 cm³/mol. The van der Waals surface area contributed by atoms with Gasteiger partial charge in [-0.1, -0.05) is 84.9 Å². The molecule has 6 nitrogen and oxygen atoms in total. The van der Waals surface area contributed by atoms with Gasteiger partial charge in [0.2, 0.25) is 0 Å². The Morgan fingerprint density at radius 1 is 0.400 bits per heavy atom. The van der Waals surface area contributed by atoms with Crippen LogP contribution in [-0.2, 0) is 17.1 Å². The van der Waals surface area contributed by atoms with Crippen LogP contribution in [0.1, 0.15) is 0 Å². The van der Waals surface area contributed by atoms with Crippen molar-refractivity contribution in [3.05, 3.63) is 140 Å². The first-order valence-corrected chi connectivity index (χ1v) is 12.6. The summed E-state index contributed by atoms with van der Waals surface area (Å²) in [7, 11) is 0. The third-order valence-electron chi connectivity index (χ3n) is 6.28. The largest absolute Gasteiger partial charge is 1.00 e. The zero-order valence-corrected chi connectivity index (χ0v) is 22.2. The van der Waals surface area contributed by atoms with Gasteiger partial charge in [-0.05, 0) is 58.6 Å². The molecule has 0 amide bonds. The van der Waals surface area contributed by atoms with Crippen molar-refractivity contribution in [2.45, 2.75) is 0 Å². The second-order valence-electron chi connectivity index (χ2n) is 8.70. The first-order valence-electron chi connectivity index (χ1n) is 12.6. The molecule has 196 valence electrons. The van der Waals surface area contributed by atoms with Crippen LogP contribution in [0, 0.1) is 0 Å². The standard InChI is InChI=1S/C22H16N2.C11H7N4.Cu/c1-3-11-19(21-13-5-7-15-23-21)17(9-1)18-10-2-4-12-20(18)22-14-6-8-16-24-22;1-2-7-12-9(5-1)8-4-3-6-10-11(8)14-15-13-10;/h1-16H;1-7H;/q;-1;+1. The zero-order chi connectivity index (χ0) is 26.3. The number of hydrogen-bond acceptors (Lipinski definition) is 5. The molecule has 0 fully saturated rings. The number of benzene rings is 3. The smallest absolute Gasteiger partial charge is 0.350 e. The van der Waals surface area contributed by atoms with Gasteiger partial charge in [0.1, 0.15) is 0 Å². The topological polar surface area (TPSA) is 78.5 Å². The molecule has 3 aromatic carbocycles. The molecule has 0 radical (unpaired) electrons. The van der Waals surface area contributed by atoms with Crippen LogP contribution in [0.4, 0.5) is 0 Å². The van der Waals surface area contributed by atoms with Gasteiger partial charge in [0.25, 0.3) is 0 Å². The molecule has 0 atom stereocenters. The van der Waals surface area contributed by atoms with E-state index >= 15 is 0 Å². The summed E-state index contributed by atoms with van der Waals surface area (Å²) in [5.41, 5.74) is 10.0. The van der Waals surface area contributed by atoms with Gasteiger partial charge in [0, 0.05) is 35.3 Å². The summed E-state index contributed by atoms with van der Waals surface area (Å²) in [6.07, 6.45) is 5.42. The molecule has 0 aliphatic heterocycles. The van der Waals surface area contributed by atoms with Crippen molar-refractivity contribution in [1.29, 1.82) is 0 Å². The average Bonchev–Trinajstić information content (AvgIpc) is 3.52. The summed E-state index contributed by atoms with van der Waals surface area (Å²) in [4.78, 5) is 13.3. The van der Waals surface area contributed by atoms with Crippen LogP contribution >= 0.6 is 0 Å². The van der Waals surface area contributed by atoms with E-state index < -0.39 is 0 Å². The van der Waals surface area contributed by atoms with Crippen LogP contribution in [0.5, 0.6) is 0 Å². The van der Waals surface area contributed by atoms with Gasteiger partial charge in [-0.2, -0.15) is 0 Å². The Morgan fingerprint density at radius 3 is 1.30 bits per heavy atom. The van der Waals surface area contributed by atoms with Crippen molar-refractivity contribution in [1.82, 2.24) is 30.4 Å². The molecule has 0 unspecified atom stereocenters. The minimum Gasteiger partial charge on any atom is -0.350 e. The summed E-state index contributed by atoms with van der Waals surface area (Å²) in [5, 5.41) is 11.6. The molecule has 40 heavy (non-hydrogen) atoms. The SMILES string of the molecule is [Cu+].c1ccc(-c2cccc3nn[n-]c23)nc1.c1ccc(-c2ccccc2-c2ccccc2-c2ccccn2)nc1. The molecule has 7 heteroatoms. The molecule has 0 saturated carbocycles. The monoisotopic (exact) mass is 566 g/mol. The molecule has 7 rings (SSSR count). The minimum atomic E-state index is 0. The Labute approximate surface area is 242 Å². The van der Waals surface area contributed by atoms with Crippen LogP contribution in [-0.4, -0.2) is 25.3 Å². The van der Waals surface area contributed by atoms with E-state index in [9.17, 15) is 0 Å². The summed E-state index contributed by atoms with van der Waals surface area (Å²) < 4.78 is 0. The number of hydrogen-bond donors (Lipinski definition) is 0. The van der Waals surface area contributed by atoms with E-state index in [1.165, 1.54) is 0 Å². The van der Waals surface area contributed by atoms with E-state index in [4.69, 9.17) is 0 Å². The quantitative estimate of drug-likeness (QED) is 0.211. The number of pyridine rings is 3. The van der Waals surface area contributed by atoms with Crippen molar-refractivity contribution in [2.24, 2.45) is 0 Å². The van der Waals surface area contributed by atoms with E-state index in [-0.39, 0.29) is 17.1 Å². The number of fused-ring (bicyclic) bond motifs is 1. The minimum absolute atomic E-state index is 0. The molecule has 0 aliphatic carbocycles. The summed E-state index contributed by atoms with van der Waals surface area (Å²) in [5.74, 6) is 0. The van der Waals surface area contributed by atoms with Crippen LogP contribution in [0.15, 0.2) is 140 Å². The summed E-state index contributed by atoms with van der Waals surface area (Å²) >= 11 is 0. The normalized spacial score (nSPS) is 10.3. The van der Waals surface area contributed by atoms with Crippen molar-refractivity contribution in [2.75, 3.05) is 0 Å². The molecule has 4 aromatic heterocycles.